The van der Waals surface area contributed by atoms with Crippen LogP contribution in [0.4, 0.5) is 0 Å². The zero-order valence-corrected chi connectivity index (χ0v) is 14.3. The Labute approximate surface area is 132 Å². The zero-order chi connectivity index (χ0) is 16.4. The van der Waals surface area contributed by atoms with Crippen LogP contribution in [0.5, 0.6) is 5.75 Å². The smallest absolute Gasteiger partial charge is 0.191 e. The third-order valence-corrected chi connectivity index (χ3v) is 6.70. The van der Waals surface area contributed by atoms with Crippen molar-refractivity contribution >= 4 is 15.6 Å². The summed E-state index contributed by atoms with van der Waals surface area (Å²) in [7, 11) is -3.59. The number of rotatable bonds is 8. The Morgan fingerprint density at radius 2 is 1.82 bits per heavy atom. The van der Waals surface area contributed by atoms with Gasteiger partial charge >= 0.3 is 0 Å². The highest BCUT2D eigenvalue weighted by molar-refractivity contribution is 7.94. The van der Waals surface area contributed by atoms with Crippen LogP contribution in [0.3, 0.4) is 0 Å². The number of ketones is 1. The number of benzene rings is 1. The number of hydrogen-bond acceptors (Lipinski definition) is 4. The van der Waals surface area contributed by atoms with Crippen LogP contribution in [0.15, 0.2) is 29.2 Å². The second kappa shape index (κ2) is 6.41. The van der Waals surface area contributed by atoms with Crippen molar-refractivity contribution in [2.24, 2.45) is 5.92 Å². The summed E-state index contributed by atoms with van der Waals surface area (Å²) in [5.74, 6) is 1.05. The van der Waals surface area contributed by atoms with Crippen molar-refractivity contribution in [3.8, 4) is 5.75 Å². The molecule has 1 aromatic rings. The predicted octanol–water partition coefficient (Wildman–Crippen LogP) is 3.40. The first-order chi connectivity index (χ1) is 10.3. The molecule has 1 fully saturated rings. The largest absolute Gasteiger partial charge is 0.494 e. The van der Waals surface area contributed by atoms with Gasteiger partial charge in [0, 0.05) is 6.42 Å². The average molecular weight is 324 g/mol. The second-order valence-electron chi connectivity index (χ2n) is 6.28. The molecule has 1 aliphatic rings. The number of Topliss-reactive ketones (excluding diaryl/α,β-unsaturated/α-hetero) is 1. The summed E-state index contributed by atoms with van der Waals surface area (Å²) in [6, 6.07) is 6.42. The van der Waals surface area contributed by atoms with Gasteiger partial charge in [-0.25, -0.2) is 8.42 Å². The lowest BCUT2D eigenvalue weighted by Crippen LogP contribution is -2.32. The summed E-state index contributed by atoms with van der Waals surface area (Å²) in [5, 5.41) is 0. The van der Waals surface area contributed by atoms with Crippen molar-refractivity contribution in [1.29, 1.82) is 0 Å². The fraction of sp³-hybridized carbons (Fsp3) is 0.588. The molecule has 1 aromatic carbocycles. The molecule has 2 rings (SSSR count). The molecule has 0 radical (unpaired) electrons. The van der Waals surface area contributed by atoms with Gasteiger partial charge in [-0.3, -0.25) is 4.79 Å². The molecule has 0 aliphatic heterocycles. The van der Waals surface area contributed by atoms with E-state index in [-0.39, 0.29) is 17.1 Å². The minimum atomic E-state index is -3.59. The van der Waals surface area contributed by atoms with Crippen molar-refractivity contribution in [2.45, 2.75) is 56.1 Å². The van der Waals surface area contributed by atoms with E-state index < -0.39 is 14.6 Å². The Morgan fingerprint density at radius 3 is 2.27 bits per heavy atom. The first kappa shape index (κ1) is 17.0. The number of carbonyl (C=O) groups is 1. The Hall–Kier alpha value is -1.36. The summed E-state index contributed by atoms with van der Waals surface area (Å²) in [5.41, 5.74) is 0. The molecule has 22 heavy (non-hydrogen) atoms. The minimum absolute atomic E-state index is 0.176. The molecule has 0 heterocycles. The maximum absolute atomic E-state index is 12.7. The first-order valence-corrected chi connectivity index (χ1v) is 9.32. The van der Waals surface area contributed by atoms with Crippen molar-refractivity contribution in [3.63, 3.8) is 0 Å². The molecule has 0 spiro atoms. The Kier molecular flexibility index (Phi) is 4.95. The summed E-state index contributed by atoms with van der Waals surface area (Å²) in [6.07, 6.45) is 2.09. The van der Waals surface area contributed by atoms with Crippen molar-refractivity contribution in [1.82, 2.24) is 0 Å². The maximum Gasteiger partial charge on any atom is 0.191 e. The lowest BCUT2D eigenvalue weighted by atomic mass is 10.1. The monoisotopic (exact) mass is 324 g/mol. The fourth-order valence-electron chi connectivity index (χ4n) is 2.49. The van der Waals surface area contributed by atoms with Gasteiger partial charge in [-0.15, -0.1) is 0 Å². The molecule has 0 atom stereocenters. The van der Waals surface area contributed by atoms with Gasteiger partial charge in [-0.2, -0.15) is 0 Å². The quantitative estimate of drug-likeness (QED) is 0.735. The standard InChI is InChI=1S/C17H24O4S/c1-4-16(18)17(10-11-17)22(19,20)15-7-5-14(6-8-15)21-12-9-13(2)3/h5-8,13H,4,9-12H2,1-3H3. The highest BCUT2D eigenvalue weighted by atomic mass is 32.2. The van der Waals surface area contributed by atoms with Gasteiger partial charge in [0.2, 0.25) is 0 Å². The molecule has 122 valence electrons. The lowest BCUT2D eigenvalue weighted by molar-refractivity contribution is -0.119. The van der Waals surface area contributed by atoms with Crippen LogP contribution >= 0.6 is 0 Å². The Balaban J connectivity index is 2.12. The highest BCUT2D eigenvalue weighted by Crippen LogP contribution is 2.48. The van der Waals surface area contributed by atoms with Gasteiger partial charge < -0.3 is 4.74 Å². The summed E-state index contributed by atoms with van der Waals surface area (Å²) in [6.45, 7) is 6.57. The van der Waals surface area contributed by atoms with E-state index in [0.717, 1.165) is 6.42 Å². The third kappa shape index (κ3) is 3.19. The molecular weight excluding hydrogens is 300 g/mol. The van der Waals surface area contributed by atoms with Crippen molar-refractivity contribution < 1.29 is 17.9 Å². The van der Waals surface area contributed by atoms with E-state index >= 15 is 0 Å². The molecule has 0 bridgehead atoms. The van der Waals surface area contributed by atoms with E-state index in [1.807, 2.05) is 0 Å². The molecule has 0 aromatic heterocycles. The van der Waals surface area contributed by atoms with Crippen molar-refractivity contribution in [3.05, 3.63) is 24.3 Å². The van der Waals surface area contributed by atoms with Crippen LogP contribution in [-0.4, -0.2) is 25.6 Å². The van der Waals surface area contributed by atoms with E-state index in [4.69, 9.17) is 4.74 Å². The van der Waals surface area contributed by atoms with Crippen LogP contribution in [-0.2, 0) is 14.6 Å². The van der Waals surface area contributed by atoms with Crippen LogP contribution in [0.1, 0.15) is 46.5 Å². The highest BCUT2D eigenvalue weighted by Gasteiger charge is 2.59. The van der Waals surface area contributed by atoms with Gasteiger partial charge in [0.15, 0.2) is 15.6 Å². The zero-order valence-electron chi connectivity index (χ0n) is 13.5. The van der Waals surface area contributed by atoms with E-state index in [1.54, 1.807) is 31.2 Å². The van der Waals surface area contributed by atoms with Crippen LogP contribution < -0.4 is 4.74 Å². The molecule has 0 N–H and O–H groups in total. The maximum atomic E-state index is 12.7. The molecular formula is C17H24O4S. The van der Waals surface area contributed by atoms with Crippen LogP contribution in [0, 0.1) is 5.92 Å². The topological polar surface area (TPSA) is 60.4 Å². The SMILES string of the molecule is CCC(=O)C1(S(=O)(=O)c2ccc(OCCC(C)C)cc2)CC1. The first-order valence-electron chi connectivity index (χ1n) is 7.84. The van der Waals surface area contributed by atoms with Gasteiger partial charge in [0.25, 0.3) is 0 Å². The molecule has 4 nitrogen and oxygen atoms in total. The van der Waals surface area contributed by atoms with E-state index in [9.17, 15) is 13.2 Å². The average Bonchev–Trinajstić information content (AvgIpc) is 3.28. The molecule has 0 saturated heterocycles. The second-order valence-corrected chi connectivity index (χ2v) is 8.54. The number of carbonyl (C=O) groups excluding carboxylic acids is 1. The number of hydrogen-bond donors (Lipinski definition) is 0. The Bertz CT molecular complexity index is 625. The molecule has 0 unspecified atom stereocenters. The van der Waals surface area contributed by atoms with E-state index in [1.165, 1.54) is 0 Å². The third-order valence-electron chi connectivity index (χ3n) is 4.15. The molecule has 5 heteroatoms. The van der Waals surface area contributed by atoms with Crippen molar-refractivity contribution in [2.75, 3.05) is 6.61 Å². The summed E-state index contributed by atoms with van der Waals surface area (Å²) >= 11 is 0. The van der Waals surface area contributed by atoms with E-state index in [0.29, 0.717) is 31.1 Å². The number of ether oxygens (including phenoxy) is 1. The molecule has 1 aliphatic carbocycles. The summed E-state index contributed by atoms with van der Waals surface area (Å²) in [4.78, 5) is 12.2. The van der Waals surface area contributed by atoms with Gasteiger partial charge in [-0.05, 0) is 49.4 Å². The van der Waals surface area contributed by atoms with E-state index in [2.05, 4.69) is 13.8 Å². The fourth-order valence-corrected chi connectivity index (χ4v) is 4.52. The summed E-state index contributed by atoms with van der Waals surface area (Å²) < 4.78 is 29.8. The Morgan fingerprint density at radius 1 is 1.23 bits per heavy atom. The molecule has 1 saturated carbocycles. The van der Waals surface area contributed by atoms with Gasteiger partial charge in [0.05, 0.1) is 11.5 Å². The van der Waals surface area contributed by atoms with Crippen LogP contribution in [0.25, 0.3) is 0 Å². The molecule has 0 amide bonds. The minimum Gasteiger partial charge on any atom is -0.494 e. The predicted molar refractivity (Wildman–Crippen MR) is 85.8 cm³/mol. The number of sulfone groups is 1. The normalized spacial score (nSPS) is 16.5. The van der Waals surface area contributed by atoms with Crippen LogP contribution in [0.2, 0.25) is 0 Å². The van der Waals surface area contributed by atoms with Gasteiger partial charge in [0.1, 0.15) is 10.5 Å². The lowest BCUT2D eigenvalue weighted by Gasteiger charge is -2.15. The van der Waals surface area contributed by atoms with Gasteiger partial charge in [-0.1, -0.05) is 20.8 Å².